The van der Waals surface area contributed by atoms with Crippen molar-refractivity contribution in [2.45, 2.75) is 0 Å². The van der Waals surface area contributed by atoms with E-state index in [1.807, 2.05) is 29.6 Å². The van der Waals surface area contributed by atoms with E-state index in [-0.39, 0.29) is 5.78 Å². The molecule has 0 amide bonds. The molecule has 2 aromatic carbocycles. The molecule has 0 aliphatic rings. The van der Waals surface area contributed by atoms with Crippen LogP contribution in [0.5, 0.6) is 0 Å². The highest BCUT2D eigenvalue weighted by Crippen LogP contribution is 2.36. The van der Waals surface area contributed by atoms with E-state index in [1.165, 1.54) is 11.3 Å². The van der Waals surface area contributed by atoms with Crippen LogP contribution in [-0.4, -0.2) is 5.78 Å². The maximum atomic E-state index is 12.8. The minimum absolute atomic E-state index is 0.0922. The Labute approximate surface area is 145 Å². The van der Waals surface area contributed by atoms with Gasteiger partial charge < -0.3 is 5.73 Å². The molecule has 110 valence electrons. The predicted octanol–water partition coefficient (Wildman–Crippen LogP) is 5.64. The SMILES string of the molecule is Nc1scc(-c2cccc(Br)c2)c1C(=O)c1ccc(Cl)cc1. The molecule has 0 radical (unpaired) electrons. The van der Waals surface area contributed by atoms with Gasteiger partial charge in [0, 0.05) is 26.0 Å². The summed E-state index contributed by atoms with van der Waals surface area (Å²) in [6.45, 7) is 0. The molecule has 0 fully saturated rings. The Morgan fingerprint density at radius 3 is 2.55 bits per heavy atom. The summed E-state index contributed by atoms with van der Waals surface area (Å²) in [5, 5.41) is 3.04. The van der Waals surface area contributed by atoms with Crippen molar-refractivity contribution in [3.05, 3.63) is 74.5 Å². The molecule has 0 spiro atoms. The molecule has 0 bridgehead atoms. The van der Waals surface area contributed by atoms with Crippen LogP contribution in [0.1, 0.15) is 15.9 Å². The van der Waals surface area contributed by atoms with Crippen molar-refractivity contribution in [2.75, 3.05) is 5.73 Å². The topological polar surface area (TPSA) is 43.1 Å². The van der Waals surface area contributed by atoms with Crippen molar-refractivity contribution >= 4 is 49.7 Å². The van der Waals surface area contributed by atoms with Crippen LogP contribution in [0.15, 0.2) is 58.4 Å². The van der Waals surface area contributed by atoms with Crippen LogP contribution in [0.3, 0.4) is 0 Å². The van der Waals surface area contributed by atoms with Crippen molar-refractivity contribution in [1.82, 2.24) is 0 Å². The fourth-order valence-electron chi connectivity index (χ4n) is 2.22. The van der Waals surface area contributed by atoms with Gasteiger partial charge in [-0.1, -0.05) is 39.7 Å². The number of nitrogen functional groups attached to an aromatic ring is 1. The van der Waals surface area contributed by atoms with Crippen molar-refractivity contribution < 1.29 is 4.79 Å². The lowest BCUT2D eigenvalue weighted by molar-refractivity contribution is 0.104. The summed E-state index contributed by atoms with van der Waals surface area (Å²) in [4.78, 5) is 12.8. The van der Waals surface area contributed by atoms with Crippen LogP contribution in [0.2, 0.25) is 5.02 Å². The van der Waals surface area contributed by atoms with Crippen LogP contribution in [-0.2, 0) is 0 Å². The smallest absolute Gasteiger partial charge is 0.196 e. The zero-order valence-electron chi connectivity index (χ0n) is 11.3. The molecule has 0 aliphatic carbocycles. The summed E-state index contributed by atoms with van der Waals surface area (Å²) >= 11 is 10.7. The van der Waals surface area contributed by atoms with E-state index in [0.29, 0.717) is 21.2 Å². The van der Waals surface area contributed by atoms with E-state index in [2.05, 4.69) is 15.9 Å². The lowest BCUT2D eigenvalue weighted by Gasteiger charge is -2.06. The fourth-order valence-corrected chi connectivity index (χ4v) is 3.57. The standard InChI is InChI=1S/C17H11BrClNOS/c18-12-3-1-2-11(8-12)14-9-22-17(20)15(14)16(21)10-4-6-13(19)7-5-10/h1-9H,20H2. The normalized spacial score (nSPS) is 10.6. The van der Waals surface area contributed by atoms with Crippen molar-refractivity contribution in [1.29, 1.82) is 0 Å². The van der Waals surface area contributed by atoms with Crippen molar-refractivity contribution in [2.24, 2.45) is 0 Å². The number of rotatable bonds is 3. The number of nitrogens with two attached hydrogens (primary N) is 1. The second-order valence-electron chi connectivity index (χ2n) is 4.73. The van der Waals surface area contributed by atoms with Crippen LogP contribution >= 0.6 is 38.9 Å². The Hall–Kier alpha value is -1.62. The first-order valence-electron chi connectivity index (χ1n) is 6.49. The van der Waals surface area contributed by atoms with Crippen molar-refractivity contribution in [3.8, 4) is 11.1 Å². The van der Waals surface area contributed by atoms with E-state index in [9.17, 15) is 4.79 Å². The quantitative estimate of drug-likeness (QED) is 0.586. The number of benzene rings is 2. The third-order valence-corrected chi connectivity index (χ3v) is 4.85. The Kier molecular flexibility index (Phi) is 4.34. The first-order chi connectivity index (χ1) is 10.6. The average Bonchev–Trinajstić information content (AvgIpc) is 2.89. The van der Waals surface area contributed by atoms with Gasteiger partial charge in [-0.25, -0.2) is 0 Å². The van der Waals surface area contributed by atoms with Gasteiger partial charge in [0.25, 0.3) is 0 Å². The van der Waals surface area contributed by atoms with E-state index in [0.717, 1.165) is 15.6 Å². The van der Waals surface area contributed by atoms with E-state index in [1.54, 1.807) is 24.3 Å². The third kappa shape index (κ3) is 2.95. The number of halogens is 2. The number of hydrogen-bond acceptors (Lipinski definition) is 3. The molecule has 1 heterocycles. The van der Waals surface area contributed by atoms with Crippen LogP contribution < -0.4 is 5.73 Å². The summed E-state index contributed by atoms with van der Waals surface area (Å²) in [5.74, 6) is -0.0922. The van der Waals surface area contributed by atoms with Gasteiger partial charge in [-0.3, -0.25) is 4.79 Å². The second-order valence-corrected chi connectivity index (χ2v) is 7.00. The van der Waals surface area contributed by atoms with E-state index >= 15 is 0 Å². The number of carbonyl (C=O) groups is 1. The lowest BCUT2D eigenvalue weighted by atomic mass is 9.97. The highest BCUT2D eigenvalue weighted by molar-refractivity contribution is 9.10. The molecule has 0 unspecified atom stereocenters. The molecule has 0 saturated heterocycles. The Morgan fingerprint density at radius 1 is 1.14 bits per heavy atom. The average molecular weight is 393 g/mol. The number of anilines is 1. The molecular weight excluding hydrogens is 382 g/mol. The molecule has 3 aromatic rings. The van der Waals surface area contributed by atoms with Gasteiger partial charge in [0.2, 0.25) is 0 Å². The number of ketones is 1. The lowest BCUT2D eigenvalue weighted by Crippen LogP contribution is -2.04. The first-order valence-corrected chi connectivity index (χ1v) is 8.54. The van der Waals surface area contributed by atoms with Gasteiger partial charge in [-0.15, -0.1) is 11.3 Å². The maximum Gasteiger partial charge on any atom is 0.196 e. The Bertz CT molecular complexity index is 842. The zero-order chi connectivity index (χ0) is 15.7. The monoisotopic (exact) mass is 391 g/mol. The van der Waals surface area contributed by atoms with Crippen LogP contribution in [0.4, 0.5) is 5.00 Å². The largest absolute Gasteiger partial charge is 0.390 e. The van der Waals surface area contributed by atoms with Crippen LogP contribution in [0, 0.1) is 0 Å². The van der Waals surface area contributed by atoms with Crippen LogP contribution in [0.25, 0.3) is 11.1 Å². The summed E-state index contributed by atoms with van der Waals surface area (Å²) < 4.78 is 0.958. The molecule has 5 heteroatoms. The number of hydrogen-bond donors (Lipinski definition) is 1. The Morgan fingerprint density at radius 2 is 1.86 bits per heavy atom. The minimum Gasteiger partial charge on any atom is -0.390 e. The zero-order valence-corrected chi connectivity index (χ0v) is 14.5. The molecule has 22 heavy (non-hydrogen) atoms. The van der Waals surface area contributed by atoms with Gasteiger partial charge in [0.1, 0.15) is 0 Å². The second kappa shape index (κ2) is 6.24. The first kappa shape index (κ1) is 15.3. The molecule has 0 saturated carbocycles. The summed E-state index contributed by atoms with van der Waals surface area (Å²) in [5.41, 5.74) is 8.97. The molecule has 1 aromatic heterocycles. The van der Waals surface area contributed by atoms with Gasteiger partial charge in [-0.2, -0.15) is 0 Å². The third-order valence-electron chi connectivity index (χ3n) is 3.29. The summed E-state index contributed by atoms with van der Waals surface area (Å²) in [6, 6.07) is 14.7. The van der Waals surface area contributed by atoms with E-state index in [4.69, 9.17) is 17.3 Å². The minimum atomic E-state index is -0.0922. The number of thiophene rings is 1. The Balaban J connectivity index is 2.09. The maximum absolute atomic E-state index is 12.8. The highest BCUT2D eigenvalue weighted by Gasteiger charge is 2.20. The molecular formula is C17H11BrClNOS. The number of carbonyl (C=O) groups excluding carboxylic acids is 1. The molecule has 0 aliphatic heterocycles. The van der Waals surface area contributed by atoms with Gasteiger partial charge >= 0.3 is 0 Å². The summed E-state index contributed by atoms with van der Waals surface area (Å²) in [7, 11) is 0. The van der Waals surface area contributed by atoms with Gasteiger partial charge in [0.15, 0.2) is 5.78 Å². The molecule has 2 N–H and O–H groups in total. The van der Waals surface area contributed by atoms with Crippen molar-refractivity contribution in [3.63, 3.8) is 0 Å². The van der Waals surface area contributed by atoms with Gasteiger partial charge in [-0.05, 0) is 42.0 Å². The fraction of sp³-hybridized carbons (Fsp3) is 0. The summed E-state index contributed by atoms with van der Waals surface area (Å²) in [6.07, 6.45) is 0. The molecule has 3 rings (SSSR count). The molecule has 2 nitrogen and oxygen atoms in total. The predicted molar refractivity (Wildman–Crippen MR) is 96.8 cm³/mol. The van der Waals surface area contributed by atoms with E-state index < -0.39 is 0 Å². The highest BCUT2D eigenvalue weighted by atomic mass is 79.9. The molecule has 0 atom stereocenters. The van der Waals surface area contributed by atoms with Gasteiger partial charge in [0.05, 0.1) is 10.6 Å².